The van der Waals surface area contributed by atoms with E-state index < -0.39 is 0 Å². The Hall–Kier alpha value is -1.50. The summed E-state index contributed by atoms with van der Waals surface area (Å²) < 4.78 is 1.75. The van der Waals surface area contributed by atoms with E-state index in [-0.39, 0.29) is 6.04 Å². The third-order valence-electron chi connectivity index (χ3n) is 2.76. The van der Waals surface area contributed by atoms with Crippen molar-refractivity contribution in [3.63, 3.8) is 0 Å². The first-order valence-electron chi connectivity index (χ1n) is 5.54. The summed E-state index contributed by atoms with van der Waals surface area (Å²) in [7, 11) is 1.85. The molecule has 0 aromatic carbocycles. The lowest BCUT2D eigenvalue weighted by Gasteiger charge is -2.14. The number of nitrogens with zero attached hydrogens (tertiary/aromatic N) is 4. The zero-order valence-corrected chi connectivity index (χ0v) is 11.0. The molecule has 2 aromatic heterocycles. The van der Waals surface area contributed by atoms with Crippen molar-refractivity contribution < 1.29 is 0 Å². The summed E-state index contributed by atoms with van der Waals surface area (Å²) in [5.41, 5.74) is 4.42. The van der Waals surface area contributed by atoms with Crippen LogP contribution in [0.15, 0.2) is 18.5 Å². The zero-order chi connectivity index (χ0) is 13.1. The largest absolute Gasteiger partial charge is 0.271 e. The highest BCUT2D eigenvalue weighted by atomic mass is 35.5. The molecule has 7 heteroatoms. The number of nitrogens with one attached hydrogen (secondary N) is 1. The third kappa shape index (κ3) is 2.50. The molecule has 3 N–H and O–H groups in total. The Morgan fingerprint density at radius 2 is 2.11 bits per heavy atom. The second-order valence-corrected chi connectivity index (χ2v) is 4.38. The molecule has 0 aliphatic heterocycles. The van der Waals surface area contributed by atoms with Gasteiger partial charge in [0.25, 0.3) is 0 Å². The highest BCUT2D eigenvalue weighted by molar-refractivity contribution is 6.31. The van der Waals surface area contributed by atoms with Crippen LogP contribution in [0.4, 0.5) is 0 Å². The van der Waals surface area contributed by atoms with Crippen LogP contribution in [0.1, 0.15) is 23.3 Å². The smallest absolute Gasteiger partial charge is 0.146 e. The molecule has 2 aromatic rings. The minimum atomic E-state index is -0.196. The summed E-state index contributed by atoms with van der Waals surface area (Å²) in [6.07, 6.45) is 3.95. The van der Waals surface area contributed by atoms with Crippen LogP contribution in [0, 0.1) is 6.92 Å². The van der Waals surface area contributed by atoms with Gasteiger partial charge in [-0.05, 0) is 13.0 Å². The molecule has 0 spiro atoms. The molecule has 0 aliphatic carbocycles. The van der Waals surface area contributed by atoms with Crippen molar-refractivity contribution in [2.45, 2.75) is 19.4 Å². The molecule has 96 valence electrons. The molecule has 6 nitrogen and oxygen atoms in total. The maximum absolute atomic E-state index is 6.21. The third-order valence-corrected chi connectivity index (χ3v) is 3.25. The predicted molar refractivity (Wildman–Crippen MR) is 68.8 cm³/mol. The Labute approximate surface area is 110 Å². The van der Waals surface area contributed by atoms with Gasteiger partial charge < -0.3 is 0 Å². The Balaban J connectivity index is 2.26. The fraction of sp³-hybridized carbons (Fsp3) is 0.364. The van der Waals surface area contributed by atoms with E-state index in [0.717, 1.165) is 11.4 Å². The summed E-state index contributed by atoms with van der Waals surface area (Å²) in [4.78, 5) is 8.37. The van der Waals surface area contributed by atoms with Gasteiger partial charge in [-0.2, -0.15) is 5.10 Å². The lowest BCUT2D eigenvalue weighted by atomic mass is 10.1. The van der Waals surface area contributed by atoms with Gasteiger partial charge in [0, 0.05) is 25.9 Å². The second kappa shape index (κ2) is 5.43. The van der Waals surface area contributed by atoms with E-state index in [1.165, 1.54) is 0 Å². The van der Waals surface area contributed by atoms with Crippen molar-refractivity contribution in [2.75, 3.05) is 0 Å². The number of aryl methyl sites for hydroxylation is 2. The molecule has 0 bridgehead atoms. The van der Waals surface area contributed by atoms with Crippen LogP contribution in [0.3, 0.4) is 0 Å². The Morgan fingerprint density at radius 3 is 2.61 bits per heavy atom. The first kappa shape index (κ1) is 12.9. The van der Waals surface area contributed by atoms with Crippen molar-refractivity contribution in [3.05, 3.63) is 40.7 Å². The van der Waals surface area contributed by atoms with Gasteiger partial charge in [0.15, 0.2) is 0 Å². The molecule has 2 heterocycles. The summed E-state index contributed by atoms with van der Waals surface area (Å²) in [5, 5.41) is 4.93. The highest BCUT2D eigenvalue weighted by Crippen LogP contribution is 2.23. The standard InChI is InChI=1S/C11H15ClN6/c1-7-10(12)9(18(2)17-7)6-8(16-13)11-14-4-3-5-15-11/h3-5,8,16H,6,13H2,1-2H3. The van der Waals surface area contributed by atoms with E-state index in [0.29, 0.717) is 17.3 Å². The molecule has 1 atom stereocenters. The molecule has 0 fully saturated rings. The fourth-order valence-corrected chi connectivity index (χ4v) is 2.05. The van der Waals surface area contributed by atoms with E-state index in [1.807, 2.05) is 14.0 Å². The van der Waals surface area contributed by atoms with E-state index in [4.69, 9.17) is 17.4 Å². The van der Waals surface area contributed by atoms with Gasteiger partial charge in [0.1, 0.15) is 5.82 Å². The lowest BCUT2D eigenvalue weighted by molar-refractivity contribution is 0.505. The molecular formula is C11H15ClN6. The van der Waals surface area contributed by atoms with Crippen LogP contribution in [0.5, 0.6) is 0 Å². The molecule has 0 saturated heterocycles. The monoisotopic (exact) mass is 266 g/mol. The minimum Gasteiger partial charge on any atom is -0.271 e. The Morgan fingerprint density at radius 1 is 1.44 bits per heavy atom. The quantitative estimate of drug-likeness (QED) is 0.635. The molecule has 18 heavy (non-hydrogen) atoms. The van der Waals surface area contributed by atoms with Gasteiger partial charge in [0.05, 0.1) is 22.5 Å². The molecular weight excluding hydrogens is 252 g/mol. The summed E-state index contributed by atoms with van der Waals surface area (Å²) in [6, 6.07) is 1.57. The molecule has 0 radical (unpaired) electrons. The number of halogens is 1. The first-order valence-corrected chi connectivity index (χ1v) is 5.92. The second-order valence-electron chi connectivity index (χ2n) is 4.00. The van der Waals surface area contributed by atoms with Crippen LogP contribution in [-0.2, 0) is 13.5 Å². The number of hydrazine groups is 1. The Kier molecular flexibility index (Phi) is 3.90. The van der Waals surface area contributed by atoms with Crippen LogP contribution < -0.4 is 11.3 Å². The summed E-state index contributed by atoms with van der Waals surface area (Å²) in [6.45, 7) is 1.87. The number of nitrogens with two attached hydrogens (primary N) is 1. The van der Waals surface area contributed by atoms with E-state index in [9.17, 15) is 0 Å². The SMILES string of the molecule is Cc1nn(C)c(CC(NN)c2ncccn2)c1Cl. The van der Waals surface area contributed by atoms with Crippen molar-refractivity contribution in [3.8, 4) is 0 Å². The van der Waals surface area contributed by atoms with E-state index in [2.05, 4.69) is 20.5 Å². The van der Waals surface area contributed by atoms with Crippen molar-refractivity contribution in [1.82, 2.24) is 25.2 Å². The molecule has 0 saturated carbocycles. The maximum atomic E-state index is 6.21. The van der Waals surface area contributed by atoms with Crippen molar-refractivity contribution in [1.29, 1.82) is 0 Å². The molecule has 0 aliphatic rings. The maximum Gasteiger partial charge on any atom is 0.146 e. The molecule has 1 unspecified atom stereocenters. The predicted octanol–water partition coefficient (Wildman–Crippen LogP) is 0.919. The van der Waals surface area contributed by atoms with Gasteiger partial charge in [0.2, 0.25) is 0 Å². The van der Waals surface area contributed by atoms with Gasteiger partial charge in [-0.1, -0.05) is 11.6 Å². The highest BCUT2D eigenvalue weighted by Gasteiger charge is 2.19. The van der Waals surface area contributed by atoms with Crippen molar-refractivity contribution >= 4 is 11.6 Å². The van der Waals surface area contributed by atoms with Crippen LogP contribution in [-0.4, -0.2) is 19.7 Å². The average molecular weight is 267 g/mol. The molecule has 2 rings (SSSR count). The van der Waals surface area contributed by atoms with Crippen LogP contribution in [0.2, 0.25) is 5.02 Å². The lowest BCUT2D eigenvalue weighted by Crippen LogP contribution is -2.31. The van der Waals surface area contributed by atoms with Gasteiger partial charge in [-0.25, -0.2) is 15.4 Å². The summed E-state index contributed by atoms with van der Waals surface area (Å²) >= 11 is 6.21. The minimum absolute atomic E-state index is 0.196. The van der Waals surface area contributed by atoms with Gasteiger partial charge in [-0.3, -0.25) is 10.5 Å². The first-order chi connectivity index (χ1) is 8.63. The molecule has 0 amide bonds. The fourth-order valence-electron chi connectivity index (χ4n) is 1.81. The topological polar surface area (TPSA) is 81.7 Å². The number of rotatable bonds is 4. The summed E-state index contributed by atoms with van der Waals surface area (Å²) in [5.74, 6) is 6.19. The Bertz CT molecular complexity index is 524. The van der Waals surface area contributed by atoms with Crippen LogP contribution >= 0.6 is 11.6 Å². The van der Waals surface area contributed by atoms with Crippen LogP contribution in [0.25, 0.3) is 0 Å². The number of hydrogen-bond acceptors (Lipinski definition) is 5. The van der Waals surface area contributed by atoms with Crippen molar-refractivity contribution in [2.24, 2.45) is 12.9 Å². The van der Waals surface area contributed by atoms with E-state index in [1.54, 1.807) is 23.1 Å². The van der Waals surface area contributed by atoms with Gasteiger partial charge >= 0.3 is 0 Å². The average Bonchev–Trinajstić information content (AvgIpc) is 2.62. The van der Waals surface area contributed by atoms with Gasteiger partial charge in [-0.15, -0.1) is 0 Å². The number of hydrogen-bond donors (Lipinski definition) is 2. The zero-order valence-electron chi connectivity index (χ0n) is 10.3. The normalized spacial score (nSPS) is 12.7. The van der Waals surface area contributed by atoms with E-state index >= 15 is 0 Å². The number of aromatic nitrogens is 4.